The normalized spacial score (nSPS) is 20.4. The number of hydrogen-bond acceptors (Lipinski definition) is 7. The van der Waals surface area contributed by atoms with Crippen molar-refractivity contribution >= 4 is 28.4 Å². The van der Waals surface area contributed by atoms with Crippen molar-refractivity contribution in [2.75, 3.05) is 31.6 Å². The lowest BCUT2D eigenvalue weighted by molar-refractivity contribution is 0.00737. The second-order valence-electron chi connectivity index (χ2n) is 8.67. The fourth-order valence-corrected chi connectivity index (χ4v) is 4.52. The summed E-state index contributed by atoms with van der Waals surface area (Å²) < 4.78 is 10.5. The standard InChI is InChI=1S/C20H31N3O4S/c1-20(2,3)27-19(25)23(12-14-7-5-8-14)15-9-6-10-22(13-15)16-11-21-17(28-16)18(24)26-4/h11,14-15H,5-10,12-13H2,1-4H3. The molecule has 28 heavy (non-hydrogen) atoms. The molecule has 1 amide bonds. The van der Waals surface area contributed by atoms with E-state index in [1.807, 2.05) is 25.7 Å². The molecule has 1 saturated heterocycles. The first-order chi connectivity index (χ1) is 13.3. The van der Waals surface area contributed by atoms with Crippen LogP contribution in [0.1, 0.15) is 62.7 Å². The van der Waals surface area contributed by atoms with Gasteiger partial charge in [0.05, 0.1) is 19.3 Å². The van der Waals surface area contributed by atoms with Crippen molar-refractivity contribution in [1.82, 2.24) is 9.88 Å². The van der Waals surface area contributed by atoms with Crippen LogP contribution in [0.2, 0.25) is 0 Å². The van der Waals surface area contributed by atoms with Gasteiger partial charge < -0.3 is 19.3 Å². The zero-order chi connectivity index (χ0) is 20.3. The number of aromatic nitrogens is 1. The van der Waals surface area contributed by atoms with Gasteiger partial charge in [-0.15, -0.1) is 0 Å². The van der Waals surface area contributed by atoms with Crippen LogP contribution >= 0.6 is 11.3 Å². The van der Waals surface area contributed by atoms with E-state index in [9.17, 15) is 9.59 Å². The van der Waals surface area contributed by atoms with Crippen LogP contribution in [-0.4, -0.2) is 60.3 Å². The second kappa shape index (κ2) is 8.68. The zero-order valence-corrected chi connectivity index (χ0v) is 18.1. The predicted molar refractivity (Wildman–Crippen MR) is 109 cm³/mol. The number of anilines is 1. The summed E-state index contributed by atoms with van der Waals surface area (Å²) in [5.41, 5.74) is -0.504. The van der Waals surface area contributed by atoms with E-state index in [1.54, 1.807) is 6.20 Å². The highest BCUT2D eigenvalue weighted by Gasteiger charge is 2.35. The molecule has 0 radical (unpaired) electrons. The topological polar surface area (TPSA) is 72.0 Å². The first kappa shape index (κ1) is 20.9. The minimum Gasteiger partial charge on any atom is -0.464 e. The summed E-state index contributed by atoms with van der Waals surface area (Å²) in [6.45, 7) is 8.12. The molecule has 3 rings (SSSR count). The summed E-state index contributed by atoms with van der Waals surface area (Å²) in [4.78, 5) is 33.0. The molecule has 1 aromatic heterocycles. The lowest BCUT2D eigenvalue weighted by atomic mass is 9.84. The maximum absolute atomic E-state index is 12.9. The fourth-order valence-electron chi connectivity index (χ4n) is 3.65. The molecule has 2 aliphatic rings. The Balaban J connectivity index is 1.71. The first-order valence-electron chi connectivity index (χ1n) is 10.1. The Labute approximate surface area is 171 Å². The second-order valence-corrected chi connectivity index (χ2v) is 9.68. The number of rotatable bonds is 5. The van der Waals surface area contributed by atoms with Crippen LogP contribution in [0.3, 0.4) is 0 Å². The summed E-state index contributed by atoms with van der Waals surface area (Å²) in [5.74, 6) is 0.169. The van der Waals surface area contributed by atoms with Gasteiger partial charge in [-0.3, -0.25) is 0 Å². The van der Waals surface area contributed by atoms with Gasteiger partial charge in [0.25, 0.3) is 0 Å². The quantitative estimate of drug-likeness (QED) is 0.686. The van der Waals surface area contributed by atoms with Crippen LogP contribution in [0.4, 0.5) is 9.80 Å². The van der Waals surface area contributed by atoms with Crippen LogP contribution in [0.5, 0.6) is 0 Å². The van der Waals surface area contributed by atoms with Gasteiger partial charge in [-0.25, -0.2) is 14.6 Å². The Morgan fingerprint density at radius 3 is 2.64 bits per heavy atom. The van der Waals surface area contributed by atoms with Gasteiger partial charge in [0.15, 0.2) is 0 Å². The molecule has 1 atom stereocenters. The van der Waals surface area contributed by atoms with Crippen molar-refractivity contribution in [3.8, 4) is 0 Å². The molecule has 2 heterocycles. The van der Waals surface area contributed by atoms with Gasteiger partial charge in [-0.1, -0.05) is 17.8 Å². The third-order valence-corrected chi connectivity index (χ3v) is 6.35. The molecular formula is C20H31N3O4S. The molecule has 8 heteroatoms. The zero-order valence-electron chi connectivity index (χ0n) is 17.3. The van der Waals surface area contributed by atoms with Crippen LogP contribution in [0, 0.1) is 5.92 Å². The van der Waals surface area contributed by atoms with Crippen molar-refractivity contribution in [2.45, 2.75) is 64.5 Å². The summed E-state index contributed by atoms with van der Waals surface area (Å²) in [5, 5.41) is 1.30. The number of thiazole rings is 1. The van der Waals surface area contributed by atoms with Gasteiger partial charge in [0.1, 0.15) is 10.6 Å². The fraction of sp³-hybridized carbons (Fsp3) is 0.750. The molecule has 0 spiro atoms. The maximum Gasteiger partial charge on any atom is 0.410 e. The average molecular weight is 410 g/mol. The summed E-state index contributed by atoms with van der Waals surface area (Å²) in [6.07, 6.45) is 7.08. The molecule has 2 fully saturated rings. The number of nitrogens with zero attached hydrogens (tertiary/aromatic N) is 3. The molecule has 7 nitrogen and oxygen atoms in total. The van der Waals surface area contributed by atoms with E-state index in [1.165, 1.54) is 37.7 Å². The number of hydrogen-bond donors (Lipinski definition) is 0. The molecule has 1 aliphatic carbocycles. The highest BCUT2D eigenvalue weighted by Crippen LogP contribution is 2.32. The smallest absolute Gasteiger partial charge is 0.410 e. The van der Waals surface area contributed by atoms with Crippen LogP contribution in [0.25, 0.3) is 0 Å². The van der Waals surface area contributed by atoms with E-state index >= 15 is 0 Å². The predicted octanol–water partition coefficient (Wildman–Crippen LogP) is 3.94. The highest BCUT2D eigenvalue weighted by atomic mass is 32.1. The van der Waals surface area contributed by atoms with Crippen molar-refractivity contribution < 1.29 is 19.1 Å². The van der Waals surface area contributed by atoms with Crippen molar-refractivity contribution in [3.05, 3.63) is 11.2 Å². The number of methoxy groups -OCH3 is 1. The SMILES string of the molecule is COC(=O)c1ncc(N2CCCC(N(CC3CCC3)C(=O)OC(C)(C)C)C2)s1. The number of esters is 1. The number of ether oxygens (including phenoxy) is 2. The van der Waals surface area contributed by atoms with Crippen molar-refractivity contribution in [1.29, 1.82) is 0 Å². The van der Waals surface area contributed by atoms with E-state index in [0.29, 0.717) is 10.9 Å². The average Bonchev–Trinajstić information content (AvgIpc) is 3.09. The van der Waals surface area contributed by atoms with E-state index in [0.717, 1.165) is 37.5 Å². The lowest BCUT2D eigenvalue weighted by Gasteiger charge is -2.42. The van der Waals surface area contributed by atoms with Crippen LogP contribution in [0.15, 0.2) is 6.20 Å². The third kappa shape index (κ3) is 5.16. The Morgan fingerprint density at radius 2 is 2.04 bits per heavy atom. The molecule has 0 aromatic carbocycles. The Bertz CT molecular complexity index is 696. The van der Waals surface area contributed by atoms with Crippen molar-refractivity contribution in [2.24, 2.45) is 5.92 Å². The number of carbonyl (C=O) groups is 2. The van der Waals surface area contributed by atoms with E-state index in [-0.39, 0.29) is 12.1 Å². The molecule has 1 aromatic rings. The Morgan fingerprint density at radius 1 is 1.29 bits per heavy atom. The van der Waals surface area contributed by atoms with Crippen molar-refractivity contribution in [3.63, 3.8) is 0 Å². The molecule has 0 N–H and O–H groups in total. The number of piperidine rings is 1. The Kier molecular flexibility index (Phi) is 6.47. The van der Waals surface area contributed by atoms with Gasteiger partial charge in [-0.05, 0) is 52.4 Å². The number of carbonyl (C=O) groups excluding carboxylic acids is 2. The third-order valence-electron chi connectivity index (χ3n) is 5.31. The summed E-state index contributed by atoms with van der Waals surface area (Å²) in [7, 11) is 1.36. The lowest BCUT2D eigenvalue weighted by Crippen LogP contribution is -2.53. The van der Waals surface area contributed by atoms with E-state index in [4.69, 9.17) is 9.47 Å². The largest absolute Gasteiger partial charge is 0.464 e. The minimum atomic E-state index is -0.504. The van der Waals surface area contributed by atoms with Gasteiger partial charge in [0, 0.05) is 19.6 Å². The van der Waals surface area contributed by atoms with E-state index in [2.05, 4.69) is 9.88 Å². The monoisotopic (exact) mass is 409 g/mol. The molecule has 1 saturated carbocycles. The molecule has 156 valence electrons. The molecule has 0 bridgehead atoms. The maximum atomic E-state index is 12.9. The number of amides is 1. The molecular weight excluding hydrogens is 378 g/mol. The van der Waals surface area contributed by atoms with Gasteiger partial charge in [-0.2, -0.15) is 0 Å². The van der Waals surface area contributed by atoms with Gasteiger partial charge >= 0.3 is 12.1 Å². The van der Waals surface area contributed by atoms with E-state index < -0.39 is 11.6 Å². The summed E-state index contributed by atoms with van der Waals surface area (Å²) in [6, 6.07) is 0.105. The summed E-state index contributed by atoms with van der Waals surface area (Å²) >= 11 is 1.34. The minimum absolute atomic E-state index is 0.105. The Hall–Kier alpha value is -1.83. The first-order valence-corrected chi connectivity index (χ1v) is 10.9. The highest BCUT2D eigenvalue weighted by molar-refractivity contribution is 7.17. The van der Waals surface area contributed by atoms with Crippen LogP contribution < -0.4 is 4.90 Å². The molecule has 1 aliphatic heterocycles. The molecule has 1 unspecified atom stereocenters. The van der Waals surface area contributed by atoms with Gasteiger partial charge in [0.2, 0.25) is 5.01 Å². The van der Waals surface area contributed by atoms with Crippen LogP contribution in [-0.2, 0) is 9.47 Å².